The maximum Gasteiger partial charge on any atom is 0.338 e. The number of hydrogen-bond acceptors (Lipinski definition) is 4. The molecule has 0 aliphatic rings. The minimum atomic E-state index is -0.684. The van der Waals surface area contributed by atoms with Gasteiger partial charge in [0.1, 0.15) is 17.5 Å². The lowest BCUT2D eigenvalue weighted by molar-refractivity contribution is -0.112. The van der Waals surface area contributed by atoms with Gasteiger partial charge in [0.25, 0.3) is 5.91 Å². The Morgan fingerprint density at radius 3 is 2.58 bits per heavy atom. The third-order valence-corrected chi connectivity index (χ3v) is 3.77. The summed E-state index contributed by atoms with van der Waals surface area (Å²) in [6.07, 6.45) is 1.17. The summed E-state index contributed by atoms with van der Waals surface area (Å²) in [5.41, 5.74) is 0.594. The van der Waals surface area contributed by atoms with Crippen molar-refractivity contribution in [1.29, 1.82) is 5.26 Å². The van der Waals surface area contributed by atoms with Crippen LogP contribution in [0.5, 0.6) is 0 Å². The molecule has 2 aromatic carbocycles. The number of rotatable bonds is 5. The van der Waals surface area contributed by atoms with Crippen molar-refractivity contribution in [1.82, 2.24) is 0 Å². The van der Waals surface area contributed by atoms with E-state index in [4.69, 9.17) is 4.74 Å². The number of nitrogens with zero attached hydrogens (tertiary/aromatic N) is 1. The molecule has 0 bridgehead atoms. The summed E-state index contributed by atoms with van der Waals surface area (Å²) >= 11 is 3.21. The van der Waals surface area contributed by atoms with E-state index in [1.807, 2.05) is 0 Å². The molecule has 0 aliphatic carbocycles. The summed E-state index contributed by atoms with van der Waals surface area (Å²) in [7, 11) is 0. The van der Waals surface area contributed by atoms with Gasteiger partial charge in [-0.1, -0.05) is 15.9 Å². The van der Waals surface area contributed by atoms with Crippen LogP contribution >= 0.6 is 15.9 Å². The van der Waals surface area contributed by atoms with Crippen molar-refractivity contribution in [2.24, 2.45) is 0 Å². The molecule has 0 saturated heterocycles. The Morgan fingerprint density at radius 2 is 1.96 bits per heavy atom. The lowest BCUT2D eigenvalue weighted by Crippen LogP contribution is -2.13. The highest BCUT2D eigenvalue weighted by molar-refractivity contribution is 9.10. The normalized spacial score (nSPS) is 10.8. The van der Waals surface area contributed by atoms with Gasteiger partial charge < -0.3 is 10.1 Å². The number of hydrogen-bond donors (Lipinski definition) is 1. The summed E-state index contributed by atoms with van der Waals surface area (Å²) < 4.78 is 19.3. The molecule has 5 nitrogen and oxygen atoms in total. The third kappa shape index (κ3) is 5.01. The van der Waals surface area contributed by atoms with Crippen molar-refractivity contribution in [2.75, 3.05) is 11.9 Å². The second-order valence-electron chi connectivity index (χ2n) is 5.09. The van der Waals surface area contributed by atoms with Crippen LogP contribution in [0.2, 0.25) is 0 Å². The quantitative estimate of drug-likeness (QED) is 0.447. The molecule has 26 heavy (non-hydrogen) atoms. The standard InChI is InChI=1S/C19H14BrFN2O3/c1-2-26-19(25)12-3-6-16(7-4-12)23-18(24)14(11-22)9-13-10-15(20)5-8-17(13)21/h3-10H,2H2,1H3,(H,23,24)/b14-9+. The first kappa shape index (κ1) is 19.3. The Balaban J connectivity index is 2.17. The van der Waals surface area contributed by atoms with Gasteiger partial charge in [0, 0.05) is 15.7 Å². The molecule has 132 valence electrons. The minimum Gasteiger partial charge on any atom is -0.462 e. The topological polar surface area (TPSA) is 79.2 Å². The minimum absolute atomic E-state index is 0.115. The molecule has 0 spiro atoms. The van der Waals surface area contributed by atoms with Crippen LogP contribution in [0.15, 0.2) is 52.5 Å². The van der Waals surface area contributed by atoms with E-state index >= 15 is 0 Å². The SMILES string of the molecule is CCOC(=O)c1ccc(NC(=O)/C(C#N)=C/c2cc(Br)ccc2F)cc1. The number of carbonyl (C=O) groups excluding carboxylic acids is 2. The first-order valence-corrected chi connectivity index (χ1v) is 8.39. The lowest BCUT2D eigenvalue weighted by atomic mass is 10.1. The Labute approximate surface area is 158 Å². The number of esters is 1. The third-order valence-electron chi connectivity index (χ3n) is 3.28. The molecule has 2 rings (SSSR count). The van der Waals surface area contributed by atoms with Gasteiger partial charge in [0.2, 0.25) is 0 Å². The van der Waals surface area contributed by atoms with Crippen LogP contribution in [0, 0.1) is 17.1 Å². The number of nitriles is 1. The van der Waals surface area contributed by atoms with Gasteiger partial charge in [-0.05, 0) is 55.5 Å². The van der Waals surface area contributed by atoms with Crippen LogP contribution in [0.25, 0.3) is 6.08 Å². The highest BCUT2D eigenvalue weighted by atomic mass is 79.9. The number of halogens is 2. The van der Waals surface area contributed by atoms with Crippen molar-refractivity contribution in [2.45, 2.75) is 6.92 Å². The molecule has 0 atom stereocenters. The zero-order chi connectivity index (χ0) is 19.1. The fourth-order valence-corrected chi connectivity index (χ4v) is 2.41. The molecule has 0 unspecified atom stereocenters. The smallest absolute Gasteiger partial charge is 0.338 e. The fourth-order valence-electron chi connectivity index (χ4n) is 2.03. The number of amides is 1. The largest absolute Gasteiger partial charge is 0.462 e. The summed E-state index contributed by atoms with van der Waals surface area (Å²) in [6.45, 7) is 1.97. The first-order chi connectivity index (χ1) is 12.4. The van der Waals surface area contributed by atoms with Crippen LogP contribution in [-0.4, -0.2) is 18.5 Å². The molecule has 0 fully saturated rings. The molecule has 2 aromatic rings. The van der Waals surface area contributed by atoms with Gasteiger partial charge in [-0.2, -0.15) is 5.26 Å². The van der Waals surface area contributed by atoms with E-state index in [1.165, 1.54) is 48.5 Å². The highest BCUT2D eigenvalue weighted by Gasteiger charge is 2.12. The van der Waals surface area contributed by atoms with Crippen LogP contribution in [0.4, 0.5) is 10.1 Å². The monoisotopic (exact) mass is 416 g/mol. The van der Waals surface area contributed by atoms with Crippen LogP contribution in [0.1, 0.15) is 22.8 Å². The molecule has 0 aromatic heterocycles. The average Bonchev–Trinajstić information content (AvgIpc) is 2.63. The average molecular weight is 417 g/mol. The van der Waals surface area contributed by atoms with Gasteiger partial charge in [-0.15, -0.1) is 0 Å². The van der Waals surface area contributed by atoms with Gasteiger partial charge >= 0.3 is 5.97 Å². The summed E-state index contributed by atoms with van der Waals surface area (Å²) in [5, 5.41) is 11.7. The molecule has 0 heterocycles. The Bertz CT molecular complexity index is 902. The number of anilines is 1. The molecule has 7 heteroatoms. The Hall–Kier alpha value is -2.98. The molecular formula is C19H14BrFN2O3. The maximum absolute atomic E-state index is 13.8. The predicted molar refractivity (Wildman–Crippen MR) is 98.7 cm³/mol. The summed E-state index contributed by atoms with van der Waals surface area (Å²) in [4.78, 5) is 23.8. The second-order valence-corrected chi connectivity index (χ2v) is 6.00. The van der Waals surface area contributed by atoms with Crippen molar-refractivity contribution < 1.29 is 18.7 Å². The fraction of sp³-hybridized carbons (Fsp3) is 0.105. The van der Waals surface area contributed by atoms with E-state index in [1.54, 1.807) is 13.0 Å². The molecule has 0 radical (unpaired) electrons. The Kier molecular flexibility index (Phi) is 6.64. The molecule has 0 aliphatic heterocycles. The summed E-state index contributed by atoms with van der Waals surface area (Å²) in [5.74, 6) is -1.70. The van der Waals surface area contributed by atoms with Gasteiger partial charge in [-0.3, -0.25) is 4.79 Å². The van der Waals surface area contributed by atoms with Crippen molar-refractivity contribution in [3.05, 3.63) is 69.5 Å². The molecule has 1 amide bonds. The number of ether oxygens (including phenoxy) is 1. The number of nitrogens with one attached hydrogen (secondary N) is 1. The zero-order valence-electron chi connectivity index (χ0n) is 13.8. The van der Waals surface area contributed by atoms with Crippen molar-refractivity contribution >= 4 is 39.6 Å². The van der Waals surface area contributed by atoms with Crippen LogP contribution in [-0.2, 0) is 9.53 Å². The highest BCUT2D eigenvalue weighted by Crippen LogP contribution is 2.19. The van der Waals surface area contributed by atoms with E-state index in [2.05, 4.69) is 21.2 Å². The first-order valence-electron chi connectivity index (χ1n) is 7.60. The number of benzene rings is 2. The van der Waals surface area contributed by atoms with E-state index in [-0.39, 0.29) is 17.7 Å². The van der Waals surface area contributed by atoms with E-state index < -0.39 is 17.7 Å². The van der Waals surface area contributed by atoms with Gasteiger partial charge in [0.05, 0.1) is 12.2 Å². The van der Waals surface area contributed by atoms with Crippen molar-refractivity contribution in [3.8, 4) is 6.07 Å². The second kappa shape index (κ2) is 8.92. The van der Waals surface area contributed by atoms with Gasteiger partial charge in [0.15, 0.2) is 0 Å². The molecule has 1 N–H and O–H groups in total. The van der Waals surface area contributed by atoms with Gasteiger partial charge in [-0.25, -0.2) is 9.18 Å². The van der Waals surface area contributed by atoms with Crippen molar-refractivity contribution in [3.63, 3.8) is 0 Å². The van der Waals surface area contributed by atoms with E-state index in [0.717, 1.165) is 0 Å². The Morgan fingerprint density at radius 1 is 1.27 bits per heavy atom. The van der Waals surface area contributed by atoms with Crippen LogP contribution in [0.3, 0.4) is 0 Å². The van der Waals surface area contributed by atoms with Crippen LogP contribution < -0.4 is 5.32 Å². The van der Waals surface area contributed by atoms with E-state index in [9.17, 15) is 19.2 Å². The molecule has 0 saturated carbocycles. The number of carbonyl (C=O) groups is 2. The lowest BCUT2D eigenvalue weighted by Gasteiger charge is -2.06. The predicted octanol–water partition coefficient (Wildman–Crippen LogP) is 4.31. The molecular weight excluding hydrogens is 403 g/mol. The van der Waals surface area contributed by atoms with E-state index in [0.29, 0.717) is 15.7 Å². The maximum atomic E-state index is 13.8. The zero-order valence-corrected chi connectivity index (χ0v) is 15.3. The summed E-state index contributed by atoms with van der Waals surface area (Å²) in [6, 6.07) is 12.0.